The normalized spacial score (nSPS) is 15.4. The Hall–Kier alpha value is -2.37. The van der Waals surface area contributed by atoms with E-state index < -0.39 is 5.60 Å². The molecule has 0 fully saturated rings. The summed E-state index contributed by atoms with van der Waals surface area (Å²) in [6.45, 7) is 4.27. The standard InChI is InChI=1S/C18H21N3O2/c1-12(13-8-9-15-16(10-13)21-17(22)20-15)19-11-18(2,23)14-6-4-3-5-7-14/h3-10,12,19,23H,11H2,1-2H3,(H2,20,21,22). The van der Waals surface area contributed by atoms with Gasteiger partial charge in [-0.15, -0.1) is 0 Å². The molecule has 4 N–H and O–H groups in total. The van der Waals surface area contributed by atoms with Crippen LogP contribution in [0.15, 0.2) is 53.3 Å². The fourth-order valence-electron chi connectivity index (χ4n) is 2.69. The zero-order valence-corrected chi connectivity index (χ0v) is 13.3. The summed E-state index contributed by atoms with van der Waals surface area (Å²) < 4.78 is 0. The molecule has 2 aromatic carbocycles. The monoisotopic (exact) mass is 311 g/mol. The number of aliphatic hydroxyl groups is 1. The smallest absolute Gasteiger partial charge is 0.323 e. The third-order valence-corrected chi connectivity index (χ3v) is 4.19. The highest BCUT2D eigenvalue weighted by molar-refractivity contribution is 5.75. The van der Waals surface area contributed by atoms with Crippen molar-refractivity contribution < 1.29 is 5.11 Å². The molecule has 0 radical (unpaired) electrons. The van der Waals surface area contributed by atoms with Gasteiger partial charge in [0.2, 0.25) is 0 Å². The van der Waals surface area contributed by atoms with Crippen LogP contribution in [0, 0.1) is 0 Å². The molecule has 0 amide bonds. The van der Waals surface area contributed by atoms with Crippen molar-refractivity contribution in [1.29, 1.82) is 0 Å². The lowest BCUT2D eigenvalue weighted by molar-refractivity contribution is 0.0544. The van der Waals surface area contributed by atoms with Gasteiger partial charge in [-0.05, 0) is 37.1 Å². The van der Waals surface area contributed by atoms with Crippen LogP contribution in [0.4, 0.5) is 0 Å². The molecule has 2 atom stereocenters. The van der Waals surface area contributed by atoms with E-state index in [2.05, 4.69) is 15.3 Å². The van der Waals surface area contributed by atoms with E-state index in [4.69, 9.17) is 0 Å². The molecule has 23 heavy (non-hydrogen) atoms. The van der Waals surface area contributed by atoms with Crippen LogP contribution >= 0.6 is 0 Å². The minimum absolute atomic E-state index is 0.0491. The molecule has 1 aromatic heterocycles. The zero-order chi connectivity index (χ0) is 16.4. The van der Waals surface area contributed by atoms with Crippen LogP contribution in [0.1, 0.15) is 31.0 Å². The lowest BCUT2D eigenvalue weighted by Gasteiger charge is -2.26. The van der Waals surface area contributed by atoms with E-state index in [1.54, 1.807) is 6.92 Å². The van der Waals surface area contributed by atoms with Crippen LogP contribution in [0.2, 0.25) is 0 Å². The molecule has 3 rings (SSSR count). The molecule has 0 saturated heterocycles. The van der Waals surface area contributed by atoms with E-state index in [1.165, 1.54) is 0 Å². The average molecular weight is 311 g/mol. The van der Waals surface area contributed by atoms with Gasteiger partial charge in [0.05, 0.1) is 16.6 Å². The van der Waals surface area contributed by atoms with Crippen LogP contribution < -0.4 is 11.0 Å². The summed E-state index contributed by atoms with van der Waals surface area (Å²) in [4.78, 5) is 16.8. The number of hydrogen-bond donors (Lipinski definition) is 4. The summed E-state index contributed by atoms with van der Waals surface area (Å²) >= 11 is 0. The van der Waals surface area contributed by atoms with Gasteiger partial charge in [0.1, 0.15) is 0 Å². The SMILES string of the molecule is CC(NCC(C)(O)c1ccccc1)c1ccc2[nH]c(=O)[nH]c2c1. The van der Waals surface area contributed by atoms with Crippen molar-refractivity contribution in [3.63, 3.8) is 0 Å². The van der Waals surface area contributed by atoms with E-state index >= 15 is 0 Å². The third kappa shape index (κ3) is 3.36. The fraction of sp³-hybridized carbons (Fsp3) is 0.278. The lowest BCUT2D eigenvalue weighted by atomic mass is 9.95. The van der Waals surface area contributed by atoms with E-state index in [-0.39, 0.29) is 11.7 Å². The van der Waals surface area contributed by atoms with Gasteiger partial charge in [0.15, 0.2) is 0 Å². The Balaban J connectivity index is 1.72. The van der Waals surface area contributed by atoms with Crippen molar-refractivity contribution in [2.75, 3.05) is 6.54 Å². The quantitative estimate of drug-likeness (QED) is 0.584. The maximum absolute atomic E-state index is 11.3. The Bertz CT molecular complexity index is 849. The molecular formula is C18H21N3O2. The first-order chi connectivity index (χ1) is 11.0. The number of nitrogens with one attached hydrogen (secondary N) is 3. The second kappa shape index (κ2) is 6.02. The summed E-state index contributed by atoms with van der Waals surface area (Å²) in [5.74, 6) is 0. The van der Waals surface area contributed by atoms with Crippen molar-refractivity contribution in [1.82, 2.24) is 15.3 Å². The Kier molecular flexibility index (Phi) is 4.07. The highest BCUT2D eigenvalue weighted by Crippen LogP contribution is 2.22. The van der Waals surface area contributed by atoms with Crippen LogP contribution in [0.25, 0.3) is 11.0 Å². The summed E-state index contributed by atoms with van der Waals surface area (Å²) in [5, 5.41) is 14.0. The lowest BCUT2D eigenvalue weighted by Crippen LogP contribution is -2.36. The largest absolute Gasteiger partial charge is 0.384 e. The van der Waals surface area contributed by atoms with E-state index in [0.717, 1.165) is 22.2 Å². The molecule has 0 aliphatic carbocycles. The molecule has 0 spiro atoms. The van der Waals surface area contributed by atoms with Gasteiger partial charge >= 0.3 is 5.69 Å². The maximum atomic E-state index is 11.3. The summed E-state index contributed by atoms with van der Waals surface area (Å²) in [6.07, 6.45) is 0. The molecule has 5 heteroatoms. The fourth-order valence-corrected chi connectivity index (χ4v) is 2.69. The van der Waals surface area contributed by atoms with Crippen molar-refractivity contribution >= 4 is 11.0 Å². The van der Waals surface area contributed by atoms with Gasteiger partial charge in [-0.3, -0.25) is 0 Å². The highest BCUT2D eigenvalue weighted by Gasteiger charge is 2.23. The predicted molar refractivity (Wildman–Crippen MR) is 91.3 cm³/mol. The molecule has 0 saturated carbocycles. The Labute approximate surface area is 134 Å². The predicted octanol–water partition coefficient (Wildman–Crippen LogP) is 2.41. The summed E-state index contributed by atoms with van der Waals surface area (Å²) in [7, 11) is 0. The number of H-pyrrole nitrogens is 2. The van der Waals surface area contributed by atoms with Gasteiger partial charge < -0.3 is 20.4 Å². The average Bonchev–Trinajstić information content (AvgIpc) is 2.92. The number of rotatable bonds is 5. The first-order valence-corrected chi connectivity index (χ1v) is 7.69. The Morgan fingerprint density at radius 3 is 2.57 bits per heavy atom. The van der Waals surface area contributed by atoms with Crippen molar-refractivity contribution in [2.24, 2.45) is 0 Å². The van der Waals surface area contributed by atoms with Crippen LogP contribution in [0.5, 0.6) is 0 Å². The van der Waals surface area contributed by atoms with E-state index in [0.29, 0.717) is 6.54 Å². The van der Waals surface area contributed by atoms with E-state index in [1.807, 2.05) is 55.5 Å². The van der Waals surface area contributed by atoms with Crippen LogP contribution in [0.3, 0.4) is 0 Å². The number of aromatic nitrogens is 2. The number of imidazole rings is 1. The first-order valence-electron chi connectivity index (χ1n) is 7.69. The molecule has 1 heterocycles. The summed E-state index contributed by atoms with van der Waals surface area (Å²) in [6, 6.07) is 15.5. The minimum atomic E-state index is -0.942. The second-order valence-electron chi connectivity index (χ2n) is 6.13. The van der Waals surface area contributed by atoms with E-state index in [9.17, 15) is 9.90 Å². The minimum Gasteiger partial charge on any atom is -0.384 e. The second-order valence-corrected chi connectivity index (χ2v) is 6.13. The van der Waals surface area contributed by atoms with Gasteiger partial charge in [-0.25, -0.2) is 4.79 Å². The third-order valence-electron chi connectivity index (χ3n) is 4.19. The van der Waals surface area contributed by atoms with Gasteiger partial charge in [0.25, 0.3) is 0 Å². The summed E-state index contributed by atoms with van der Waals surface area (Å²) in [5.41, 5.74) is 2.37. The number of fused-ring (bicyclic) bond motifs is 1. The molecule has 5 nitrogen and oxygen atoms in total. The maximum Gasteiger partial charge on any atom is 0.323 e. The van der Waals surface area contributed by atoms with Gasteiger partial charge in [-0.1, -0.05) is 36.4 Å². The van der Waals surface area contributed by atoms with Crippen LogP contribution in [-0.4, -0.2) is 21.6 Å². The Morgan fingerprint density at radius 2 is 1.83 bits per heavy atom. The first kappa shape index (κ1) is 15.5. The highest BCUT2D eigenvalue weighted by atomic mass is 16.3. The van der Waals surface area contributed by atoms with Crippen molar-refractivity contribution in [2.45, 2.75) is 25.5 Å². The topological polar surface area (TPSA) is 80.9 Å². The molecule has 0 aliphatic rings. The number of benzene rings is 2. The molecule has 120 valence electrons. The van der Waals surface area contributed by atoms with Gasteiger partial charge in [0, 0.05) is 12.6 Å². The molecule has 2 unspecified atom stereocenters. The van der Waals surface area contributed by atoms with Crippen LogP contribution in [-0.2, 0) is 5.60 Å². The Morgan fingerprint density at radius 1 is 1.13 bits per heavy atom. The van der Waals surface area contributed by atoms with Crippen molar-refractivity contribution in [3.8, 4) is 0 Å². The molecule has 0 aliphatic heterocycles. The van der Waals surface area contributed by atoms with Crippen molar-refractivity contribution in [3.05, 3.63) is 70.1 Å². The number of aromatic amines is 2. The van der Waals surface area contributed by atoms with Gasteiger partial charge in [-0.2, -0.15) is 0 Å². The number of hydrogen-bond acceptors (Lipinski definition) is 3. The molecule has 3 aromatic rings. The zero-order valence-electron chi connectivity index (χ0n) is 13.3. The molecular weight excluding hydrogens is 290 g/mol. The molecule has 0 bridgehead atoms.